The molecule has 0 aliphatic heterocycles. The molecule has 1 aromatic carbocycles. The standard InChI is InChI=1S/C16H23NO/c18-16-8-3-1-2-7-15(16)17-14-10-9-12-5-4-6-13(12)11-14/h9-11,15-18H,1-8H2. The molecule has 2 nitrogen and oxygen atoms in total. The van der Waals surface area contributed by atoms with Gasteiger partial charge in [-0.3, -0.25) is 0 Å². The Morgan fingerprint density at radius 2 is 1.78 bits per heavy atom. The van der Waals surface area contributed by atoms with Crippen molar-refractivity contribution in [1.82, 2.24) is 0 Å². The molecule has 1 aromatic rings. The summed E-state index contributed by atoms with van der Waals surface area (Å²) in [6.45, 7) is 0. The quantitative estimate of drug-likeness (QED) is 0.784. The molecule has 0 aromatic heterocycles. The van der Waals surface area contributed by atoms with E-state index in [2.05, 4.69) is 23.5 Å². The van der Waals surface area contributed by atoms with E-state index in [1.165, 1.54) is 55.3 Å². The van der Waals surface area contributed by atoms with Crippen molar-refractivity contribution >= 4 is 5.69 Å². The topological polar surface area (TPSA) is 32.3 Å². The van der Waals surface area contributed by atoms with Crippen LogP contribution in [0, 0.1) is 0 Å². The van der Waals surface area contributed by atoms with Gasteiger partial charge in [0.1, 0.15) is 0 Å². The molecule has 2 aliphatic carbocycles. The summed E-state index contributed by atoms with van der Waals surface area (Å²) in [4.78, 5) is 0. The average Bonchev–Trinajstić information content (AvgIpc) is 2.75. The maximum atomic E-state index is 10.1. The number of nitrogens with one attached hydrogen (secondary N) is 1. The Hall–Kier alpha value is -1.02. The van der Waals surface area contributed by atoms with Gasteiger partial charge in [0.15, 0.2) is 0 Å². The number of aliphatic hydroxyl groups excluding tert-OH is 1. The lowest BCUT2D eigenvalue weighted by molar-refractivity contribution is 0.144. The summed E-state index contributed by atoms with van der Waals surface area (Å²) in [6, 6.07) is 6.97. The van der Waals surface area contributed by atoms with Gasteiger partial charge in [-0.15, -0.1) is 0 Å². The highest BCUT2D eigenvalue weighted by atomic mass is 16.3. The second kappa shape index (κ2) is 5.31. The Kier molecular flexibility index (Phi) is 3.55. The van der Waals surface area contributed by atoms with Gasteiger partial charge in [0, 0.05) is 5.69 Å². The predicted octanol–water partition coefficient (Wildman–Crippen LogP) is 3.28. The van der Waals surface area contributed by atoms with Crippen molar-refractivity contribution in [3.05, 3.63) is 29.3 Å². The molecular formula is C16H23NO. The molecule has 0 heterocycles. The second-order valence-electron chi connectivity index (χ2n) is 5.79. The Bertz CT molecular complexity index is 416. The maximum Gasteiger partial charge on any atom is 0.0741 e. The van der Waals surface area contributed by atoms with Crippen LogP contribution in [0.1, 0.15) is 49.7 Å². The minimum Gasteiger partial charge on any atom is -0.391 e. The molecule has 1 fully saturated rings. The third kappa shape index (κ3) is 2.54. The Morgan fingerprint density at radius 1 is 0.944 bits per heavy atom. The van der Waals surface area contributed by atoms with Crippen LogP contribution in [-0.2, 0) is 12.8 Å². The first-order chi connectivity index (χ1) is 8.83. The van der Waals surface area contributed by atoms with Crippen molar-refractivity contribution in [3.63, 3.8) is 0 Å². The number of benzene rings is 1. The van der Waals surface area contributed by atoms with Crippen LogP contribution in [0.4, 0.5) is 5.69 Å². The third-order valence-corrected chi connectivity index (χ3v) is 4.43. The molecule has 0 bridgehead atoms. The molecule has 2 N–H and O–H groups in total. The van der Waals surface area contributed by atoms with Crippen LogP contribution >= 0.6 is 0 Å². The second-order valence-corrected chi connectivity index (χ2v) is 5.79. The van der Waals surface area contributed by atoms with Crippen LogP contribution in [0.25, 0.3) is 0 Å². The van der Waals surface area contributed by atoms with Crippen LogP contribution < -0.4 is 5.32 Å². The first-order valence-electron chi connectivity index (χ1n) is 7.39. The van der Waals surface area contributed by atoms with Gasteiger partial charge in [-0.05, 0) is 55.4 Å². The number of hydrogen-bond acceptors (Lipinski definition) is 2. The summed E-state index contributed by atoms with van der Waals surface area (Å²) in [5.74, 6) is 0. The number of rotatable bonds is 2. The van der Waals surface area contributed by atoms with E-state index in [-0.39, 0.29) is 12.1 Å². The molecule has 0 amide bonds. The molecule has 2 atom stereocenters. The lowest BCUT2D eigenvalue weighted by atomic mass is 10.0. The van der Waals surface area contributed by atoms with E-state index in [9.17, 15) is 5.11 Å². The van der Waals surface area contributed by atoms with Crippen molar-refractivity contribution in [2.45, 2.75) is 63.5 Å². The van der Waals surface area contributed by atoms with Crippen LogP contribution in [0.15, 0.2) is 18.2 Å². The Balaban J connectivity index is 1.71. The average molecular weight is 245 g/mol. The number of aryl methyl sites for hydroxylation is 2. The summed E-state index contributed by atoms with van der Waals surface area (Å²) in [7, 11) is 0. The highest BCUT2D eigenvalue weighted by molar-refractivity contribution is 5.50. The summed E-state index contributed by atoms with van der Waals surface area (Å²) >= 11 is 0. The molecule has 0 radical (unpaired) electrons. The third-order valence-electron chi connectivity index (χ3n) is 4.43. The first kappa shape index (κ1) is 12.0. The summed E-state index contributed by atoms with van der Waals surface area (Å²) in [6.07, 6.45) is 9.29. The Labute approximate surface area is 109 Å². The first-order valence-corrected chi connectivity index (χ1v) is 7.39. The fraction of sp³-hybridized carbons (Fsp3) is 0.625. The van der Waals surface area contributed by atoms with Gasteiger partial charge < -0.3 is 10.4 Å². The largest absolute Gasteiger partial charge is 0.391 e. The smallest absolute Gasteiger partial charge is 0.0741 e. The molecule has 18 heavy (non-hydrogen) atoms. The van der Waals surface area contributed by atoms with E-state index in [0.29, 0.717) is 0 Å². The van der Waals surface area contributed by atoms with E-state index in [1.54, 1.807) is 0 Å². The lowest BCUT2D eigenvalue weighted by Crippen LogP contribution is -2.32. The molecule has 1 saturated carbocycles. The fourth-order valence-corrected chi connectivity index (χ4v) is 3.33. The van der Waals surface area contributed by atoms with Crippen LogP contribution in [0.3, 0.4) is 0 Å². The Morgan fingerprint density at radius 3 is 2.72 bits per heavy atom. The number of anilines is 1. The fourth-order valence-electron chi connectivity index (χ4n) is 3.33. The highest BCUT2D eigenvalue weighted by Gasteiger charge is 2.21. The van der Waals surface area contributed by atoms with Gasteiger partial charge in [0.25, 0.3) is 0 Å². The monoisotopic (exact) mass is 245 g/mol. The molecule has 3 rings (SSSR count). The predicted molar refractivity (Wildman–Crippen MR) is 75.0 cm³/mol. The maximum absolute atomic E-state index is 10.1. The van der Waals surface area contributed by atoms with Gasteiger partial charge in [0.2, 0.25) is 0 Å². The van der Waals surface area contributed by atoms with Gasteiger partial charge in [0.05, 0.1) is 12.1 Å². The number of aliphatic hydroxyl groups is 1. The van der Waals surface area contributed by atoms with Crippen molar-refractivity contribution in [2.24, 2.45) is 0 Å². The van der Waals surface area contributed by atoms with E-state index >= 15 is 0 Å². The normalized spacial score (nSPS) is 27.6. The van der Waals surface area contributed by atoms with Crippen molar-refractivity contribution in [1.29, 1.82) is 0 Å². The molecule has 2 heteroatoms. The number of fused-ring (bicyclic) bond motifs is 1. The molecule has 98 valence electrons. The zero-order valence-corrected chi connectivity index (χ0v) is 11.0. The van der Waals surface area contributed by atoms with Gasteiger partial charge in [-0.25, -0.2) is 0 Å². The molecule has 2 unspecified atom stereocenters. The van der Waals surface area contributed by atoms with E-state index in [0.717, 1.165) is 12.8 Å². The van der Waals surface area contributed by atoms with Crippen LogP contribution in [-0.4, -0.2) is 17.3 Å². The molecule has 0 saturated heterocycles. The molecular weight excluding hydrogens is 222 g/mol. The lowest BCUT2D eigenvalue weighted by Gasteiger charge is -2.23. The molecule has 0 spiro atoms. The van der Waals surface area contributed by atoms with E-state index < -0.39 is 0 Å². The summed E-state index contributed by atoms with van der Waals surface area (Å²) in [5, 5.41) is 13.7. The van der Waals surface area contributed by atoms with E-state index in [4.69, 9.17) is 0 Å². The highest BCUT2D eigenvalue weighted by Crippen LogP contribution is 2.27. The van der Waals surface area contributed by atoms with Crippen molar-refractivity contribution < 1.29 is 5.11 Å². The minimum absolute atomic E-state index is 0.180. The SMILES string of the molecule is OC1CCCCCC1Nc1ccc2c(c1)CCC2. The molecule has 2 aliphatic rings. The summed E-state index contributed by atoms with van der Waals surface area (Å²) < 4.78 is 0. The van der Waals surface area contributed by atoms with Crippen molar-refractivity contribution in [2.75, 3.05) is 5.32 Å². The van der Waals surface area contributed by atoms with Gasteiger partial charge in [-0.1, -0.05) is 25.3 Å². The van der Waals surface area contributed by atoms with E-state index in [1.807, 2.05) is 0 Å². The number of hydrogen-bond donors (Lipinski definition) is 2. The zero-order valence-electron chi connectivity index (χ0n) is 11.0. The van der Waals surface area contributed by atoms with Gasteiger partial charge >= 0.3 is 0 Å². The van der Waals surface area contributed by atoms with Crippen LogP contribution in [0.5, 0.6) is 0 Å². The van der Waals surface area contributed by atoms with Gasteiger partial charge in [-0.2, -0.15) is 0 Å². The minimum atomic E-state index is -0.180. The zero-order chi connectivity index (χ0) is 12.4. The van der Waals surface area contributed by atoms with Crippen LogP contribution in [0.2, 0.25) is 0 Å². The summed E-state index contributed by atoms with van der Waals surface area (Å²) in [5.41, 5.74) is 4.21. The van der Waals surface area contributed by atoms with Crippen molar-refractivity contribution in [3.8, 4) is 0 Å².